The van der Waals surface area contributed by atoms with Gasteiger partial charge in [0.05, 0.1) is 0 Å². The Bertz CT molecular complexity index is 689. The van der Waals surface area contributed by atoms with E-state index in [1.807, 2.05) is 37.4 Å². The van der Waals surface area contributed by atoms with Crippen LogP contribution in [0.2, 0.25) is 0 Å². The van der Waals surface area contributed by atoms with Gasteiger partial charge >= 0.3 is 6.03 Å². The quantitative estimate of drug-likeness (QED) is 0.929. The Morgan fingerprint density at radius 3 is 2.83 bits per heavy atom. The summed E-state index contributed by atoms with van der Waals surface area (Å²) in [6, 6.07) is 9.90. The lowest BCUT2D eigenvalue weighted by Gasteiger charge is -2.39. The molecule has 0 saturated carbocycles. The molecule has 3 rings (SSSR count). The number of amides is 2. The summed E-state index contributed by atoms with van der Waals surface area (Å²) in [6.45, 7) is 4.23. The number of hydrogen-bond donors (Lipinski definition) is 1. The summed E-state index contributed by atoms with van der Waals surface area (Å²) < 4.78 is 4.33. The molecule has 0 radical (unpaired) electrons. The van der Waals surface area contributed by atoms with Gasteiger partial charge in [-0.05, 0) is 25.9 Å². The molecule has 0 spiro atoms. The summed E-state index contributed by atoms with van der Waals surface area (Å²) in [6.07, 6.45) is 0.993. The van der Waals surface area contributed by atoms with Crippen molar-refractivity contribution in [3.05, 3.63) is 30.3 Å². The lowest BCUT2D eigenvalue weighted by atomic mass is 9.93. The van der Waals surface area contributed by atoms with Gasteiger partial charge in [0.1, 0.15) is 0 Å². The third-order valence-electron chi connectivity index (χ3n) is 4.55. The van der Waals surface area contributed by atoms with E-state index < -0.39 is 0 Å². The van der Waals surface area contributed by atoms with Gasteiger partial charge in [-0.1, -0.05) is 37.3 Å². The van der Waals surface area contributed by atoms with Crippen LogP contribution in [0, 0.1) is 5.92 Å². The number of likely N-dealkylation sites (tertiary alicyclic amines) is 1. The summed E-state index contributed by atoms with van der Waals surface area (Å²) in [5.41, 5.74) is 0.951. The highest BCUT2D eigenvalue weighted by Crippen LogP contribution is 2.23. The molecule has 24 heavy (non-hydrogen) atoms. The molecule has 2 aromatic rings. The molecule has 7 heteroatoms. The van der Waals surface area contributed by atoms with Crippen molar-refractivity contribution in [2.75, 3.05) is 32.5 Å². The third kappa shape index (κ3) is 3.73. The number of benzene rings is 1. The zero-order valence-electron chi connectivity index (χ0n) is 14.3. The molecule has 1 saturated heterocycles. The van der Waals surface area contributed by atoms with Crippen molar-refractivity contribution in [3.8, 4) is 11.4 Å². The first-order chi connectivity index (χ1) is 11.5. The SMILES string of the molecule is C[C@H]1CN(C)CC[C@@H]1N(C)C(=O)Nc1nc(-c2ccccc2)ns1. The normalized spacial score (nSPS) is 21.5. The smallest absolute Gasteiger partial charge is 0.323 e. The maximum absolute atomic E-state index is 12.5. The number of carbonyl (C=O) groups is 1. The molecular weight excluding hydrogens is 322 g/mol. The van der Waals surface area contributed by atoms with E-state index in [4.69, 9.17) is 0 Å². The molecule has 2 amide bonds. The molecule has 128 valence electrons. The summed E-state index contributed by atoms with van der Waals surface area (Å²) in [4.78, 5) is 21.1. The molecule has 1 aliphatic heterocycles. The van der Waals surface area contributed by atoms with Crippen LogP contribution in [0.15, 0.2) is 30.3 Å². The number of aromatic nitrogens is 2. The molecule has 1 aromatic heterocycles. The van der Waals surface area contributed by atoms with Crippen LogP contribution in [0.1, 0.15) is 13.3 Å². The largest absolute Gasteiger partial charge is 0.324 e. The van der Waals surface area contributed by atoms with Crippen molar-refractivity contribution in [3.63, 3.8) is 0 Å². The lowest BCUT2D eigenvalue weighted by molar-refractivity contribution is 0.113. The van der Waals surface area contributed by atoms with E-state index >= 15 is 0 Å². The van der Waals surface area contributed by atoms with Crippen molar-refractivity contribution in [1.29, 1.82) is 0 Å². The topological polar surface area (TPSA) is 61.4 Å². The first-order valence-electron chi connectivity index (χ1n) is 8.16. The van der Waals surface area contributed by atoms with Crippen LogP contribution in [0.25, 0.3) is 11.4 Å². The Balaban J connectivity index is 1.63. The predicted molar refractivity (Wildman–Crippen MR) is 97.2 cm³/mol. The standard InChI is InChI=1S/C17H23N5OS/c1-12-11-21(2)10-9-14(12)22(3)17(23)19-16-18-15(20-24-16)13-7-5-4-6-8-13/h4-8,12,14H,9-11H2,1-3H3,(H,18,19,20,23)/t12-,14-/m0/s1. The number of anilines is 1. The second-order valence-electron chi connectivity index (χ2n) is 6.43. The van der Waals surface area contributed by atoms with Crippen LogP contribution >= 0.6 is 11.5 Å². The van der Waals surface area contributed by atoms with Gasteiger partial charge in [0, 0.05) is 36.7 Å². The predicted octanol–water partition coefficient (Wildman–Crippen LogP) is 3.01. The number of rotatable bonds is 3. The number of hydrogen-bond acceptors (Lipinski definition) is 5. The van der Waals surface area contributed by atoms with Crippen LogP contribution < -0.4 is 5.32 Å². The minimum Gasteiger partial charge on any atom is -0.324 e. The fourth-order valence-corrected chi connectivity index (χ4v) is 3.81. The molecule has 1 N–H and O–H groups in total. The van der Waals surface area contributed by atoms with Gasteiger partial charge in [-0.3, -0.25) is 5.32 Å². The Morgan fingerprint density at radius 1 is 1.38 bits per heavy atom. The van der Waals surface area contributed by atoms with Crippen molar-refractivity contribution in [2.45, 2.75) is 19.4 Å². The Morgan fingerprint density at radius 2 is 2.12 bits per heavy atom. The minimum absolute atomic E-state index is 0.118. The van der Waals surface area contributed by atoms with Crippen molar-refractivity contribution in [1.82, 2.24) is 19.2 Å². The summed E-state index contributed by atoms with van der Waals surface area (Å²) >= 11 is 1.21. The number of nitrogens with zero attached hydrogens (tertiary/aromatic N) is 4. The monoisotopic (exact) mass is 345 g/mol. The second kappa shape index (κ2) is 7.27. The van der Waals surface area contributed by atoms with Gasteiger partial charge in [0.25, 0.3) is 0 Å². The third-order valence-corrected chi connectivity index (χ3v) is 5.18. The average Bonchev–Trinajstić information content (AvgIpc) is 3.03. The molecule has 2 atom stereocenters. The van der Waals surface area contributed by atoms with E-state index in [9.17, 15) is 4.79 Å². The Kier molecular flexibility index (Phi) is 5.11. The second-order valence-corrected chi connectivity index (χ2v) is 7.18. The number of piperidine rings is 1. The molecule has 0 aliphatic carbocycles. The van der Waals surface area contributed by atoms with Gasteiger partial charge in [-0.15, -0.1) is 0 Å². The molecular formula is C17H23N5OS. The van der Waals surface area contributed by atoms with E-state index in [1.54, 1.807) is 4.90 Å². The van der Waals surface area contributed by atoms with E-state index in [0.717, 1.165) is 25.1 Å². The zero-order valence-corrected chi connectivity index (χ0v) is 15.1. The van der Waals surface area contributed by atoms with Crippen LogP contribution in [0.4, 0.5) is 9.93 Å². The van der Waals surface area contributed by atoms with Gasteiger partial charge in [-0.25, -0.2) is 4.79 Å². The van der Waals surface area contributed by atoms with Crippen molar-refractivity contribution < 1.29 is 4.79 Å². The fraction of sp³-hybridized carbons (Fsp3) is 0.471. The van der Waals surface area contributed by atoms with Crippen LogP contribution in [0.5, 0.6) is 0 Å². The minimum atomic E-state index is -0.118. The van der Waals surface area contributed by atoms with E-state index in [2.05, 4.69) is 33.5 Å². The van der Waals surface area contributed by atoms with Gasteiger partial charge in [0.2, 0.25) is 5.13 Å². The highest BCUT2D eigenvalue weighted by Gasteiger charge is 2.30. The molecule has 0 bridgehead atoms. The van der Waals surface area contributed by atoms with Gasteiger partial charge in [0.15, 0.2) is 5.82 Å². The van der Waals surface area contributed by atoms with E-state index in [1.165, 1.54) is 11.5 Å². The summed E-state index contributed by atoms with van der Waals surface area (Å²) in [5, 5.41) is 3.41. The molecule has 1 fully saturated rings. The average molecular weight is 345 g/mol. The molecule has 6 nitrogen and oxygen atoms in total. The van der Waals surface area contributed by atoms with Crippen molar-refractivity contribution in [2.24, 2.45) is 5.92 Å². The van der Waals surface area contributed by atoms with E-state index in [0.29, 0.717) is 16.9 Å². The van der Waals surface area contributed by atoms with E-state index in [-0.39, 0.29) is 12.1 Å². The van der Waals surface area contributed by atoms with Crippen molar-refractivity contribution >= 4 is 22.7 Å². The summed E-state index contributed by atoms with van der Waals surface area (Å²) in [7, 11) is 3.99. The maximum Gasteiger partial charge on any atom is 0.323 e. The maximum atomic E-state index is 12.5. The Labute approximate surface area is 146 Å². The Hall–Kier alpha value is -1.99. The van der Waals surface area contributed by atoms with Gasteiger partial charge < -0.3 is 9.80 Å². The summed E-state index contributed by atoms with van der Waals surface area (Å²) in [5.74, 6) is 1.10. The van der Waals surface area contributed by atoms with Gasteiger partial charge in [-0.2, -0.15) is 9.36 Å². The molecule has 2 heterocycles. The first kappa shape index (κ1) is 16.9. The molecule has 1 aromatic carbocycles. The van der Waals surface area contributed by atoms with Crippen LogP contribution in [-0.2, 0) is 0 Å². The number of urea groups is 1. The van der Waals surface area contributed by atoms with Crippen LogP contribution in [-0.4, -0.2) is 58.4 Å². The zero-order chi connectivity index (χ0) is 17.1. The first-order valence-corrected chi connectivity index (χ1v) is 8.93. The lowest BCUT2D eigenvalue weighted by Crippen LogP contribution is -2.50. The highest BCUT2D eigenvalue weighted by molar-refractivity contribution is 7.10. The number of carbonyl (C=O) groups excluding carboxylic acids is 1. The molecule has 0 unspecified atom stereocenters. The number of nitrogens with one attached hydrogen (secondary N) is 1. The fourth-order valence-electron chi connectivity index (χ4n) is 3.23. The highest BCUT2D eigenvalue weighted by atomic mass is 32.1. The van der Waals surface area contributed by atoms with Crippen LogP contribution in [0.3, 0.4) is 0 Å². The molecule has 1 aliphatic rings.